The van der Waals surface area contributed by atoms with E-state index in [0.29, 0.717) is 0 Å². The summed E-state index contributed by atoms with van der Waals surface area (Å²) < 4.78 is 1.66. The van der Waals surface area contributed by atoms with E-state index in [1.807, 2.05) is 13.1 Å². The molecule has 1 N–H and O–H groups in total. The highest BCUT2D eigenvalue weighted by Gasteiger charge is 2.07. The molecular weight excluding hydrogens is 194 g/mol. The molecule has 0 saturated carbocycles. The van der Waals surface area contributed by atoms with Crippen LogP contribution in [0.1, 0.15) is 10.5 Å². The maximum Gasteiger partial charge on any atom is 0.354 e. The second-order valence-electron chi connectivity index (χ2n) is 3.11. The highest BCUT2D eigenvalue weighted by Crippen LogP contribution is 2.16. The van der Waals surface area contributed by atoms with Gasteiger partial charge in [0.1, 0.15) is 5.69 Å². The van der Waals surface area contributed by atoms with Gasteiger partial charge in [0.05, 0.1) is 5.69 Å². The zero-order chi connectivity index (χ0) is 10.8. The third-order valence-electron chi connectivity index (χ3n) is 1.99. The molecule has 2 aromatic heterocycles. The molecule has 0 aliphatic rings. The van der Waals surface area contributed by atoms with E-state index < -0.39 is 5.97 Å². The molecule has 0 bridgehead atoms. The van der Waals surface area contributed by atoms with Crippen molar-refractivity contribution in [1.82, 2.24) is 14.8 Å². The van der Waals surface area contributed by atoms with Gasteiger partial charge in [0.15, 0.2) is 0 Å². The van der Waals surface area contributed by atoms with Crippen LogP contribution in [0.4, 0.5) is 0 Å². The SMILES string of the molecule is Cn1ccc(-c2ccnc(C(=O)O)c2)n1. The van der Waals surface area contributed by atoms with Crippen LogP contribution in [0, 0.1) is 0 Å². The van der Waals surface area contributed by atoms with Crippen molar-refractivity contribution in [3.63, 3.8) is 0 Å². The lowest BCUT2D eigenvalue weighted by atomic mass is 10.2. The van der Waals surface area contributed by atoms with Crippen molar-refractivity contribution < 1.29 is 9.90 Å². The largest absolute Gasteiger partial charge is 0.477 e. The molecule has 76 valence electrons. The summed E-state index contributed by atoms with van der Waals surface area (Å²) in [5.74, 6) is -1.03. The highest BCUT2D eigenvalue weighted by molar-refractivity contribution is 5.86. The maximum atomic E-state index is 10.7. The molecule has 0 aliphatic carbocycles. The quantitative estimate of drug-likeness (QED) is 0.795. The summed E-state index contributed by atoms with van der Waals surface area (Å²) in [5, 5.41) is 13.0. The number of nitrogens with zero attached hydrogens (tertiary/aromatic N) is 3. The van der Waals surface area contributed by atoms with Crippen molar-refractivity contribution >= 4 is 5.97 Å². The molecule has 5 nitrogen and oxygen atoms in total. The fourth-order valence-corrected chi connectivity index (χ4v) is 1.28. The van der Waals surface area contributed by atoms with E-state index in [-0.39, 0.29) is 5.69 Å². The molecule has 2 heterocycles. The Bertz CT molecular complexity index is 505. The van der Waals surface area contributed by atoms with Crippen molar-refractivity contribution in [2.75, 3.05) is 0 Å². The van der Waals surface area contributed by atoms with Crippen LogP contribution in [0.2, 0.25) is 0 Å². The number of carboxylic acid groups (broad SMARTS) is 1. The minimum atomic E-state index is -1.03. The first-order valence-electron chi connectivity index (χ1n) is 4.36. The van der Waals surface area contributed by atoms with Crippen LogP contribution in [0.5, 0.6) is 0 Å². The minimum Gasteiger partial charge on any atom is -0.477 e. The molecule has 0 amide bonds. The Labute approximate surface area is 86.0 Å². The summed E-state index contributed by atoms with van der Waals surface area (Å²) in [7, 11) is 1.81. The molecule has 0 fully saturated rings. The molecule has 15 heavy (non-hydrogen) atoms. The summed E-state index contributed by atoms with van der Waals surface area (Å²) in [4.78, 5) is 14.4. The lowest BCUT2D eigenvalue weighted by Gasteiger charge is -1.97. The highest BCUT2D eigenvalue weighted by atomic mass is 16.4. The number of hydrogen-bond donors (Lipinski definition) is 1. The van der Waals surface area contributed by atoms with Crippen LogP contribution in [-0.2, 0) is 7.05 Å². The van der Waals surface area contributed by atoms with Gasteiger partial charge < -0.3 is 5.11 Å². The van der Waals surface area contributed by atoms with E-state index in [1.54, 1.807) is 16.9 Å². The number of aryl methyl sites for hydroxylation is 1. The van der Waals surface area contributed by atoms with Gasteiger partial charge in [0, 0.05) is 25.0 Å². The predicted octanol–water partition coefficient (Wildman–Crippen LogP) is 1.18. The summed E-state index contributed by atoms with van der Waals surface area (Å²) in [5.41, 5.74) is 1.52. The lowest BCUT2D eigenvalue weighted by Crippen LogP contribution is -1.99. The summed E-state index contributed by atoms with van der Waals surface area (Å²) in [6, 6.07) is 5.06. The Morgan fingerprint density at radius 3 is 2.87 bits per heavy atom. The van der Waals surface area contributed by atoms with Crippen molar-refractivity contribution in [1.29, 1.82) is 0 Å². The van der Waals surface area contributed by atoms with E-state index in [2.05, 4.69) is 10.1 Å². The van der Waals surface area contributed by atoms with Gasteiger partial charge in [-0.25, -0.2) is 9.78 Å². The van der Waals surface area contributed by atoms with Crippen LogP contribution >= 0.6 is 0 Å². The monoisotopic (exact) mass is 203 g/mol. The first-order valence-corrected chi connectivity index (χ1v) is 4.36. The van der Waals surface area contributed by atoms with Crippen LogP contribution in [-0.4, -0.2) is 25.8 Å². The number of pyridine rings is 1. The Balaban J connectivity index is 2.45. The van der Waals surface area contributed by atoms with Crippen molar-refractivity contribution in [3.05, 3.63) is 36.3 Å². The molecule has 2 rings (SSSR count). The van der Waals surface area contributed by atoms with Crippen LogP contribution in [0.3, 0.4) is 0 Å². The zero-order valence-electron chi connectivity index (χ0n) is 8.08. The summed E-state index contributed by atoms with van der Waals surface area (Å²) in [6.07, 6.45) is 3.27. The Hall–Kier alpha value is -2.17. The smallest absolute Gasteiger partial charge is 0.354 e. The van der Waals surface area contributed by atoms with E-state index in [4.69, 9.17) is 5.11 Å². The number of carboxylic acids is 1. The van der Waals surface area contributed by atoms with Gasteiger partial charge in [-0.1, -0.05) is 0 Å². The average molecular weight is 203 g/mol. The Morgan fingerprint density at radius 1 is 1.47 bits per heavy atom. The van der Waals surface area contributed by atoms with Crippen molar-refractivity contribution in [2.45, 2.75) is 0 Å². The maximum absolute atomic E-state index is 10.7. The second-order valence-corrected chi connectivity index (χ2v) is 3.11. The van der Waals surface area contributed by atoms with Crippen molar-refractivity contribution in [3.8, 4) is 11.3 Å². The molecule has 0 radical (unpaired) electrons. The van der Waals surface area contributed by atoms with Gasteiger partial charge in [0.25, 0.3) is 0 Å². The van der Waals surface area contributed by atoms with Gasteiger partial charge in [-0.15, -0.1) is 0 Å². The standard InChI is InChI=1S/C10H9N3O2/c1-13-5-3-8(12-13)7-2-4-11-9(6-7)10(14)15/h2-6H,1H3,(H,14,15). The van der Waals surface area contributed by atoms with Gasteiger partial charge in [0.2, 0.25) is 0 Å². The average Bonchev–Trinajstić information content (AvgIpc) is 2.65. The van der Waals surface area contributed by atoms with Crippen molar-refractivity contribution in [2.24, 2.45) is 7.05 Å². The summed E-state index contributed by atoms with van der Waals surface area (Å²) in [6.45, 7) is 0. The van der Waals surface area contributed by atoms with Gasteiger partial charge >= 0.3 is 5.97 Å². The molecule has 0 saturated heterocycles. The van der Waals surface area contributed by atoms with E-state index in [1.165, 1.54) is 12.3 Å². The topological polar surface area (TPSA) is 68.0 Å². The van der Waals surface area contributed by atoms with E-state index in [9.17, 15) is 4.79 Å². The Kier molecular flexibility index (Phi) is 2.21. The number of rotatable bonds is 2. The zero-order valence-corrected chi connectivity index (χ0v) is 8.08. The molecule has 0 spiro atoms. The fraction of sp³-hybridized carbons (Fsp3) is 0.100. The van der Waals surface area contributed by atoms with Gasteiger partial charge in [-0.2, -0.15) is 5.10 Å². The third kappa shape index (κ3) is 1.85. The molecule has 0 aromatic carbocycles. The summed E-state index contributed by atoms with van der Waals surface area (Å²) >= 11 is 0. The number of aromatic nitrogens is 3. The van der Waals surface area contributed by atoms with Crippen LogP contribution in [0.15, 0.2) is 30.6 Å². The molecule has 5 heteroatoms. The molecule has 0 atom stereocenters. The van der Waals surface area contributed by atoms with Gasteiger partial charge in [-0.05, 0) is 18.2 Å². The normalized spacial score (nSPS) is 10.2. The predicted molar refractivity (Wildman–Crippen MR) is 53.4 cm³/mol. The minimum absolute atomic E-state index is 0.0261. The first-order chi connectivity index (χ1) is 7.16. The first kappa shape index (κ1) is 9.39. The van der Waals surface area contributed by atoms with Crippen LogP contribution in [0.25, 0.3) is 11.3 Å². The van der Waals surface area contributed by atoms with E-state index in [0.717, 1.165) is 11.3 Å². The lowest BCUT2D eigenvalue weighted by molar-refractivity contribution is 0.0690. The van der Waals surface area contributed by atoms with Gasteiger partial charge in [-0.3, -0.25) is 4.68 Å². The number of aromatic carboxylic acids is 1. The van der Waals surface area contributed by atoms with E-state index >= 15 is 0 Å². The molecule has 2 aromatic rings. The fourth-order valence-electron chi connectivity index (χ4n) is 1.28. The molecular formula is C10H9N3O2. The molecule has 0 unspecified atom stereocenters. The number of hydrogen-bond acceptors (Lipinski definition) is 3. The second kappa shape index (κ2) is 3.53. The third-order valence-corrected chi connectivity index (χ3v) is 1.99. The van der Waals surface area contributed by atoms with Crippen LogP contribution < -0.4 is 0 Å². The molecule has 0 aliphatic heterocycles. The Morgan fingerprint density at radius 2 is 2.27 bits per heavy atom. The number of carbonyl (C=O) groups is 1.